The number of carbonyl (C=O) groups is 7. The van der Waals surface area contributed by atoms with Crippen LogP contribution in [-0.4, -0.2) is 361 Å². The lowest BCUT2D eigenvalue weighted by Crippen LogP contribution is -2.39. The van der Waals surface area contributed by atoms with Gasteiger partial charge in [0.05, 0.1) is 19.6 Å². The van der Waals surface area contributed by atoms with Crippen molar-refractivity contribution in [3.63, 3.8) is 0 Å². The van der Waals surface area contributed by atoms with Gasteiger partial charge < -0.3 is 160 Å². The van der Waals surface area contributed by atoms with Crippen molar-refractivity contribution in [2.45, 2.75) is 211 Å². The monoisotopic (exact) mass is 1970 g/mol. The normalized spacial score (nSPS) is 28.8. The van der Waals surface area contributed by atoms with Gasteiger partial charge in [-0.1, -0.05) is 6.42 Å². The highest BCUT2D eigenvalue weighted by Crippen LogP contribution is 2.34. The van der Waals surface area contributed by atoms with Crippen LogP contribution in [0.25, 0.3) is 0 Å². The molecule has 0 saturated carbocycles. The number of nitrogens with one attached hydrogen (secondary N) is 6. The number of carboxylic acid groups (broad SMARTS) is 2. The van der Waals surface area contributed by atoms with E-state index in [1.165, 1.54) is 12.5 Å². The smallest absolute Gasteiger partial charge is 0.351 e. The van der Waals surface area contributed by atoms with Crippen molar-refractivity contribution >= 4 is 76.8 Å². The number of aliphatic hydroxyl groups excluding tert-OH is 10. The number of aromatic amines is 1. The Kier molecular flexibility index (Phi) is 40.3. The SMILES string of the molecule is [2H][C@@]1(n2ccc(NO)nc2=O)O[C@H](COC(=O)[C@H](N)CC(=O)O)[C@@H](O)[C@H]1O.[2H][C@@]1(n2ccc(NO)nc2=O)O[C@H](COC(=O)[C@H](N)CCC(=O)O)[C@@H](O)[C@H]1O.[2H][C@@]1(n2ccc(NO)nc2=O)O[C@H](COC(=O)[C@H](N)CCCCN)[C@@H](O)[C@H]1O.[2H][C@@]1(n2ccc(NO)nc2=O)O[C@H](COC(=O)[C@H](N)CCCN=C(N)N)[C@@H](O)[C@H]1O.[2H][C@@]1(n2ccc(NO)nc2=O)O[C@H](COC(=O)[C@H](N)Cc2cnc[nH]2)[C@@H](O)[C@H]1O. The number of hydrogen-bond acceptors (Lipinski definition) is 55. The summed E-state index contributed by atoms with van der Waals surface area (Å²) in [6.07, 6.45) is -27.1. The van der Waals surface area contributed by atoms with Crippen molar-refractivity contribution in [1.29, 1.82) is 0 Å². The molecule has 0 amide bonds. The lowest BCUT2D eigenvalue weighted by molar-refractivity contribution is -0.154. The van der Waals surface area contributed by atoms with Crippen LogP contribution >= 0.6 is 0 Å². The molecule has 5 aliphatic rings. The van der Waals surface area contributed by atoms with Gasteiger partial charge in [0.15, 0.2) is 66.1 Å². The molecule has 25 atom stereocenters. The highest BCUT2D eigenvalue weighted by atomic mass is 16.6. The number of imidazole rings is 1. The first-order chi connectivity index (χ1) is 66.8. The van der Waals surface area contributed by atoms with Gasteiger partial charge in [-0.2, -0.15) is 24.9 Å². The van der Waals surface area contributed by atoms with E-state index in [9.17, 15) is 109 Å². The van der Waals surface area contributed by atoms with Crippen molar-refractivity contribution < 1.29 is 175 Å². The molecule has 137 heavy (non-hydrogen) atoms. The fourth-order valence-corrected chi connectivity index (χ4v) is 12.0. The molecule has 6 aromatic heterocycles. The fraction of sp³-hybridized carbons (Fsp3) is 0.569. The molecule has 39 N–H and O–H groups in total. The Morgan fingerprint density at radius 3 is 0.920 bits per heavy atom. The minimum absolute atomic E-state index is 0.0764. The molecule has 5 saturated heterocycles. The number of unbranched alkanes of at least 4 members (excludes halogenated alkanes) is 1. The first kappa shape index (κ1) is 103. The second-order valence-electron chi connectivity index (χ2n) is 29.3. The number of anilines is 5. The molecule has 65 heteroatoms. The molecule has 6 aromatic rings. The summed E-state index contributed by atoms with van der Waals surface area (Å²) in [4.78, 5) is 168. The fourth-order valence-electron chi connectivity index (χ4n) is 12.0. The number of esters is 5. The Morgan fingerprint density at radius 1 is 0.409 bits per heavy atom. The summed E-state index contributed by atoms with van der Waals surface area (Å²) in [6, 6.07) is 0.167. The molecule has 0 unspecified atom stereocenters. The van der Waals surface area contributed by atoms with Crippen LogP contribution in [0.1, 0.15) is 94.9 Å². The number of aliphatic carboxylic acids is 2. The number of aliphatic hydroxyl groups is 10. The Hall–Kier alpha value is -12.9. The highest BCUT2D eigenvalue weighted by Gasteiger charge is 2.50. The predicted molar refractivity (Wildman–Crippen MR) is 448 cm³/mol. The Bertz CT molecular complexity index is 5580. The summed E-state index contributed by atoms with van der Waals surface area (Å²) in [5.74, 6) is -7.83. The number of nitrogens with two attached hydrogens (primary N) is 8. The van der Waals surface area contributed by atoms with Gasteiger partial charge in [-0.05, 0) is 69.0 Å². The van der Waals surface area contributed by atoms with Crippen molar-refractivity contribution in [1.82, 2.24) is 57.7 Å². The van der Waals surface area contributed by atoms with Crippen LogP contribution in [0, 0.1) is 0 Å². The largest absolute Gasteiger partial charge is 0.481 e. The number of rotatable bonds is 40. The quantitative estimate of drug-likeness (QED) is 0.00424. The van der Waals surface area contributed by atoms with E-state index in [2.05, 4.69) is 39.9 Å². The first-order valence-corrected chi connectivity index (χ1v) is 40.3. The van der Waals surface area contributed by atoms with E-state index in [4.69, 9.17) is 136 Å². The number of guanidine groups is 1. The lowest BCUT2D eigenvalue weighted by Gasteiger charge is -2.17. The van der Waals surface area contributed by atoms with E-state index in [-0.39, 0.29) is 67.3 Å². The Labute approximate surface area is 774 Å². The molecule has 0 aliphatic carbocycles. The molecular formula is C72H108N26O39. The summed E-state index contributed by atoms with van der Waals surface area (Å²) >= 11 is 0. The third-order valence-corrected chi connectivity index (χ3v) is 19.4. The molecule has 11 rings (SSSR count). The van der Waals surface area contributed by atoms with Gasteiger partial charge in [-0.25, -0.2) is 29.0 Å². The van der Waals surface area contributed by atoms with E-state index in [1.54, 1.807) is 27.4 Å². The maximum absolute atomic E-state index is 12.1. The summed E-state index contributed by atoms with van der Waals surface area (Å²) in [5.41, 5.74) is 47.5. The van der Waals surface area contributed by atoms with E-state index >= 15 is 0 Å². The van der Waals surface area contributed by atoms with Gasteiger partial charge in [-0.15, -0.1) is 0 Å². The minimum Gasteiger partial charge on any atom is -0.481 e. The molecule has 0 radical (unpaired) electrons. The maximum Gasteiger partial charge on any atom is 0.351 e. The number of carboxylic acids is 2. The van der Waals surface area contributed by atoms with Gasteiger partial charge in [-0.3, -0.25) is 115 Å². The molecule has 0 bridgehead atoms. The van der Waals surface area contributed by atoms with Crippen molar-refractivity contribution in [2.75, 3.05) is 73.5 Å². The number of nitrogens with zero attached hydrogens (tertiary/aromatic N) is 12. The van der Waals surface area contributed by atoms with Crippen LogP contribution in [0.2, 0.25) is 0 Å². The molecule has 65 nitrogen and oxygen atoms in total. The first-order valence-electron chi connectivity index (χ1n) is 42.8. The van der Waals surface area contributed by atoms with Crippen LogP contribution in [0.3, 0.4) is 0 Å². The Morgan fingerprint density at radius 2 is 0.679 bits per heavy atom. The number of carbonyl (C=O) groups excluding carboxylic acids is 5. The number of ether oxygens (including phenoxy) is 10. The summed E-state index contributed by atoms with van der Waals surface area (Å²) in [7, 11) is 0. The second-order valence-corrected chi connectivity index (χ2v) is 29.3. The highest BCUT2D eigenvalue weighted by molar-refractivity contribution is 5.82. The molecule has 0 aromatic carbocycles. The van der Waals surface area contributed by atoms with E-state index in [0.29, 0.717) is 60.8 Å². The minimum atomic E-state index is -2.49. The zero-order valence-corrected chi connectivity index (χ0v) is 71.4. The topological polar surface area (TPSA) is 1040 Å². The average Bonchev–Trinajstić information content (AvgIpc) is 1.63. The maximum atomic E-state index is 12.1. The zero-order chi connectivity index (χ0) is 106. The van der Waals surface area contributed by atoms with Crippen molar-refractivity contribution in [2.24, 2.45) is 50.9 Å². The molecule has 760 valence electrons. The number of aromatic nitrogens is 12. The van der Waals surface area contributed by atoms with Crippen molar-refractivity contribution in [3.8, 4) is 0 Å². The van der Waals surface area contributed by atoms with Gasteiger partial charge in [0.1, 0.15) is 155 Å². The third-order valence-electron chi connectivity index (χ3n) is 19.4. The van der Waals surface area contributed by atoms with Crippen LogP contribution in [-0.2, 0) is 87.4 Å². The Balaban J connectivity index is 0.000000241. The van der Waals surface area contributed by atoms with Crippen LogP contribution in [0.5, 0.6) is 0 Å². The van der Waals surface area contributed by atoms with Gasteiger partial charge in [0.25, 0.3) is 0 Å². The molecule has 5 aliphatic heterocycles. The third kappa shape index (κ3) is 31.6. The van der Waals surface area contributed by atoms with E-state index < -0.39 is 262 Å². The standard InChI is InChI=1S/C15H25N7O7.C15H20N6O7.C15H25N5O7.C14H20N4O9.C13H18N4O9/c16-7(2-1-4-19-14(17)18)13(25)28-6-8-10(23)11(24)12(29-8)22-5-3-9(21-27)20-15(22)26;16-8(3-7-4-17-6-18-7)14(24)27-5-9-11(22)12(23)13(28-9)21-2-1-10(20-26)19-15(21)25;16-5-2-1-3-8(17)14(23)26-7-9-11(21)12(22)13(27-9)20-6-4-10(19-25)18-15(20)24;15-6(1-2-9(19)20)13(23)26-5-7-10(21)11(22)12(27-7)18-4-3-8(17-25)16-14(18)24;14-5(3-8(18)19)12(22)25-4-6-9(20)10(21)11(26-6)17-2-1-7(16-24)15-13(17)23/h3,5,7-8,10-12,23-24,27H,1-2,4,6,16H2,(H4,17,18,19)(H,20,21,26);1-2,4,6,8-9,11-13,22-23,26H,3,5,16H2,(H,17,18)(H,19,20,25);4,6,8-9,11-13,21-22,25H,1-3,5,7,16-17H2,(H,18,19,24);3-4,6-7,10-12,21-22,25H,1-2,5,15H2,(H,19,20)(H,16,17,24);1-2,5-6,9-11,20-21,24H,3-4,14H2,(H,18,19)(H,15,16,23)/t7-,8-,10-,11-,12-;2*8-,9-,11-,12-,13-;6-,7-,10-,11-,12-;5-,6-,9-,10-,11-/m11111/s1/i12D;2*13D;12D;11D. The zero-order valence-electron chi connectivity index (χ0n) is 76.4. The second kappa shape index (κ2) is 53.6. The van der Waals surface area contributed by atoms with Gasteiger partial charge in [0, 0.05) is 62.3 Å². The van der Waals surface area contributed by atoms with Gasteiger partial charge >= 0.3 is 70.2 Å². The van der Waals surface area contributed by atoms with Crippen molar-refractivity contribution in [3.05, 3.63) is 132 Å². The predicted octanol–water partition coefficient (Wildman–Crippen LogP) is -13.8. The lowest BCUT2D eigenvalue weighted by atomic mass is 10.1. The van der Waals surface area contributed by atoms with Crippen LogP contribution < -0.4 is 102 Å². The van der Waals surface area contributed by atoms with Crippen LogP contribution in [0.15, 0.2) is 103 Å². The summed E-state index contributed by atoms with van der Waals surface area (Å²) < 4.78 is 95.3. The average molecular weight is 1970 g/mol. The van der Waals surface area contributed by atoms with Gasteiger partial charge in [0.2, 0.25) is 0 Å². The molecule has 11 heterocycles. The van der Waals surface area contributed by atoms with Crippen LogP contribution in [0.4, 0.5) is 29.1 Å². The summed E-state index contributed by atoms with van der Waals surface area (Å²) in [6.45, 7) is -1.97. The molecular weight excluding hydrogens is 1850 g/mol. The number of hydrogen-bond donors (Lipinski definition) is 31. The molecule has 0 spiro atoms. The molecule has 5 fully saturated rings. The van der Waals surface area contributed by atoms with E-state index in [1.807, 2.05) is 0 Å². The number of aliphatic imine (C=N–C) groups is 1. The summed E-state index contributed by atoms with van der Waals surface area (Å²) in [5, 5.41) is 163. The van der Waals surface area contributed by atoms with E-state index in [0.717, 1.165) is 61.3 Å². The number of H-pyrrole nitrogens is 1.